The van der Waals surface area contributed by atoms with E-state index >= 15 is 0 Å². The van der Waals surface area contributed by atoms with E-state index in [1.54, 1.807) is 12.3 Å². The molecule has 0 fully saturated rings. The Morgan fingerprint density at radius 2 is 2.09 bits per heavy atom. The first kappa shape index (κ1) is 17.2. The van der Waals surface area contributed by atoms with Crippen molar-refractivity contribution >= 4 is 17.3 Å². The SMILES string of the molecule is CCCCCOc1ccn(Cc2cc(O)c(N)cc2Cl)c(=O)c1. The fourth-order valence-corrected chi connectivity index (χ4v) is 2.41. The molecule has 0 radical (unpaired) electrons. The standard InChI is InChI=1S/C17H21ClN2O3/c1-2-3-4-7-23-13-5-6-20(17(22)9-13)11-12-8-16(21)15(19)10-14(12)18/h5-6,8-10,21H,2-4,7,11,19H2,1H3. The van der Waals surface area contributed by atoms with Gasteiger partial charge in [-0.2, -0.15) is 0 Å². The Hall–Kier alpha value is -2.14. The minimum Gasteiger partial charge on any atom is -0.506 e. The number of nitrogens with two attached hydrogens (primary N) is 1. The third-order valence-electron chi connectivity index (χ3n) is 3.52. The van der Waals surface area contributed by atoms with E-state index in [1.807, 2.05) is 0 Å². The maximum Gasteiger partial charge on any atom is 0.254 e. The van der Waals surface area contributed by atoms with Crippen LogP contribution in [-0.4, -0.2) is 16.3 Å². The maximum absolute atomic E-state index is 12.1. The average Bonchev–Trinajstić information content (AvgIpc) is 2.51. The lowest BCUT2D eigenvalue weighted by Crippen LogP contribution is -2.19. The van der Waals surface area contributed by atoms with Crippen molar-refractivity contribution < 1.29 is 9.84 Å². The van der Waals surface area contributed by atoms with Crippen LogP contribution in [-0.2, 0) is 6.54 Å². The summed E-state index contributed by atoms with van der Waals surface area (Å²) in [7, 11) is 0. The van der Waals surface area contributed by atoms with Crippen LogP contribution < -0.4 is 16.0 Å². The van der Waals surface area contributed by atoms with Gasteiger partial charge >= 0.3 is 0 Å². The van der Waals surface area contributed by atoms with E-state index in [0.29, 0.717) is 22.9 Å². The average molecular weight is 337 g/mol. The van der Waals surface area contributed by atoms with E-state index in [9.17, 15) is 9.90 Å². The highest BCUT2D eigenvalue weighted by Gasteiger charge is 2.08. The molecule has 0 aliphatic rings. The zero-order valence-corrected chi connectivity index (χ0v) is 13.8. The smallest absolute Gasteiger partial charge is 0.254 e. The third kappa shape index (κ3) is 4.66. The number of pyridine rings is 1. The van der Waals surface area contributed by atoms with Crippen LogP contribution in [0.5, 0.6) is 11.5 Å². The molecule has 23 heavy (non-hydrogen) atoms. The van der Waals surface area contributed by atoms with Gasteiger partial charge in [-0.05, 0) is 30.2 Å². The van der Waals surface area contributed by atoms with Crippen LogP contribution in [0, 0.1) is 0 Å². The number of aromatic nitrogens is 1. The van der Waals surface area contributed by atoms with Gasteiger partial charge < -0.3 is 20.1 Å². The van der Waals surface area contributed by atoms with Crippen molar-refractivity contribution in [2.24, 2.45) is 0 Å². The molecule has 2 aromatic rings. The summed E-state index contributed by atoms with van der Waals surface area (Å²) in [5.74, 6) is 0.516. The summed E-state index contributed by atoms with van der Waals surface area (Å²) in [5.41, 5.74) is 6.22. The minimum atomic E-state index is -0.189. The second-order valence-corrected chi connectivity index (χ2v) is 5.79. The van der Waals surface area contributed by atoms with Gasteiger partial charge in [0.05, 0.1) is 18.8 Å². The molecule has 5 nitrogen and oxygen atoms in total. The molecular weight excluding hydrogens is 316 g/mol. The fourth-order valence-electron chi connectivity index (χ4n) is 2.18. The van der Waals surface area contributed by atoms with Crippen LogP contribution in [0.1, 0.15) is 31.7 Å². The molecule has 0 amide bonds. The number of rotatable bonds is 7. The summed E-state index contributed by atoms with van der Waals surface area (Å²) < 4.78 is 7.05. The second-order valence-electron chi connectivity index (χ2n) is 5.39. The van der Waals surface area contributed by atoms with Gasteiger partial charge in [0.15, 0.2) is 0 Å². The van der Waals surface area contributed by atoms with Crippen molar-refractivity contribution in [1.82, 2.24) is 4.57 Å². The molecule has 124 valence electrons. The van der Waals surface area contributed by atoms with Crippen LogP contribution in [0.4, 0.5) is 5.69 Å². The van der Waals surface area contributed by atoms with Crippen LogP contribution in [0.3, 0.4) is 0 Å². The molecule has 0 spiro atoms. The molecule has 0 saturated carbocycles. The molecule has 0 aliphatic heterocycles. The molecule has 0 saturated heterocycles. The van der Waals surface area contributed by atoms with Gasteiger partial charge in [-0.25, -0.2) is 0 Å². The fraction of sp³-hybridized carbons (Fsp3) is 0.353. The lowest BCUT2D eigenvalue weighted by Gasteiger charge is -2.11. The van der Waals surface area contributed by atoms with E-state index in [1.165, 1.54) is 22.8 Å². The molecule has 6 heteroatoms. The number of phenolic OH excluding ortho intramolecular Hbond substituents is 1. The Morgan fingerprint density at radius 1 is 1.30 bits per heavy atom. The van der Waals surface area contributed by atoms with Gasteiger partial charge in [0.25, 0.3) is 5.56 Å². The molecule has 0 unspecified atom stereocenters. The summed E-state index contributed by atoms with van der Waals surface area (Å²) in [6.07, 6.45) is 4.86. The quantitative estimate of drug-likeness (QED) is 0.461. The first-order chi connectivity index (χ1) is 11.0. The summed E-state index contributed by atoms with van der Waals surface area (Å²) in [5, 5.41) is 10.1. The first-order valence-corrected chi connectivity index (χ1v) is 7.99. The second kappa shape index (κ2) is 7.92. The summed E-state index contributed by atoms with van der Waals surface area (Å²) in [6.45, 7) is 2.98. The molecule has 1 aromatic heterocycles. The molecule has 0 atom stereocenters. The number of nitrogens with zero attached hydrogens (tertiary/aromatic N) is 1. The Kier molecular flexibility index (Phi) is 5.93. The number of unbranched alkanes of at least 4 members (excludes halogenated alkanes) is 2. The number of anilines is 1. The number of hydrogen-bond donors (Lipinski definition) is 2. The molecular formula is C17H21ClN2O3. The summed E-state index contributed by atoms with van der Waals surface area (Å²) in [4.78, 5) is 12.1. The van der Waals surface area contributed by atoms with Crippen molar-refractivity contribution in [3.05, 3.63) is 51.4 Å². The largest absolute Gasteiger partial charge is 0.506 e. The van der Waals surface area contributed by atoms with Crippen LogP contribution >= 0.6 is 11.6 Å². The van der Waals surface area contributed by atoms with E-state index in [0.717, 1.165) is 19.3 Å². The number of ether oxygens (including phenoxy) is 1. The molecule has 2 rings (SSSR count). The minimum absolute atomic E-state index is 0.0478. The molecule has 1 aromatic carbocycles. The van der Waals surface area contributed by atoms with E-state index < -0.39 is 0 Å². The lowest BCUT2D eigenvalue weighted by atomic mass is 10.2. The maximum atomic E-state index is 12.1. The third-order valence-corrected chi connectivity index (χ3v) is 3.87. The van der Waals surface area contributed by atoms with Crippen molar-refractivity contribution in [2.75, 3.05) is 12.3 Å². The van der Waals surface area contributed by atoms with Gasteiger partial charge in [0.2, 0.25) is 0 Å². The number of benzene rings is 1. The zero-order chi connectivity index (χ0) is 16.8. The van der Waals surface area contributed by atoms with Gasteiger partial charge in [-0.3, -0.25) is 4.79 Å². The van der Waals surface area contributed by atoms with E-state index in [4.69, 9.17) is 22.1 Å². The van der Waals surface area contributed by atoms with Crippen molar-refractivity contribution in [1.29, 1.82) is 0 Å². The molecule has 1 heterocycles. The van der Waals surface area contributed by atoms with Crippen molar-refractivity contribution in [3.8, 4) is 11.5 Å². The lowest BCUT2D eigenvalue weighted by molar-refractivity contribution is 0.305. The highest BCUT2D eigenvalue weighted by atomic mass is 35.5. The van der Waals surface area contributed by atoms with Crippen LogP contribution in [0.25, 0.3) is 0 Å². The number of hydrogen-bond acceptors (Lipinski definition) is 4. The summed E-state index contributed by atoms with van der Waals surface area (Å²) in [6, 6.07) is 6.15. The first-order valence-electron chi connectivity index (χ1n) is 7.61. The predicted octanol–water partition coefficient (Wildman–Crippen LogP) is 3.41. The highest BCUT2D eigenvalue weighted by Crippen LogP contribution is 2.28. The van der Waals surface area contributed by atoms with Crippen LogP contribution in [0.15, 0.2) is 35.3 Å². The predicted molar refractivity (Wildman–Crippen MR) is 92.4 cm³/mol. The van der Waals surface area contributed by atoms with Gasteiger partial charge in [0, 0.05) is 17.3 Å². The molecule has 0 bridgehead atoms. The van der Waals surface area contributed by atoms with Gasteiger partial charge in [-0.1, -0.05) is 31.4 Å². The Morgan fingerprint density at radius 3 is 2.78 bits per heavy atom. The zero-order valence-electron chi connectivity index (χ0n) is 13.1. The Balaban J connectivity index is 2.10. The van der Waals surface area contributed by atoms with E-state index in [-0.39, 0.29) is 23.5 Å². The topological polar surface area (TPSA) is 77.5 Å². The summed E-state index contributed by atoms with van der Waals surface area (Å²) >= 11 is 6.10. The van der Waals surface area contributed by atoms with Gasteiger partial charge in [0.1, 0.15) is 11.5 Å². The molecule has 3 N–H and O–H groups in total. The number of halogens is 1. The number of phenols is 1. The Labute approximate surface area is 140 Å². The van der Waals surface area contributed by atoms with Gasteiger partial charge in [-0.15, -0.1) is 0 Å². The monoisotopic (exact) mass is 336 g/mol. The van der Waals surface area contributed by atoms with Crippen LogP contribution in [0.2, 0.25) is 5.02 Å². The van der Waals surface area contributed by atoms with Crippen molar-refractivity contribution in [2.45, 2.75) is 32.7 Å². The number of aromatic hydroxyl groups is 1. The van der Waals surface area contributed by atoms with Crippen molar-refractivity contribution in [3.63, 3.8) is 0 Å². The highest BCUT2D eigenvalue weighted by molar-refractivity contribution is 6.31. The van der Waals surface area contributed by atoms with E-state index in [2.05, 4.69) is 6.92 Å². The molecule has 0 aliphatic carbocycles. The Bertz CT molecular complexity index is 728. The normalized spacial score (nSPS) is 10.7. The number of nitrogen functional groups attached to an aromatic ring is 1.